The molecule has 0 aliphatic carbocycles. The van der Waals surface area contributed by atoms with Crippen molar-refractivity contribution in [2.75, 3.05) is 13.1 Å². The van der Waals surface area contributed by atoms with E-state index in [0.29, 0.717) is 17.2 Å². The van der Waals surface area contributed by atoms with E-state index in [0.717, 1.165) is 34.1 Å². The van der Waals surface area contributed by atoms with Crippen LogP contribution < -0.4 is 5.69 Å². The molecule has 2 aromatic carbocycles. The number of hydrogen-bond acceptors (Lipinski definition) is 3. The SMILES string of the molecule is Cc1ccc2nc(Cl)c3[nH]c(=O)n(Cc4cccc(CN5CCCC5)c4)c3c2c1. The summed E-state index contributed by atoms with van der Waals surface area (Å²) in [6.45, 7) is 5.84. The molecule has 2 aromatic heterocycles. The molecule has 5 nitrogen and oxygen atoms in total. The minimum absolute atomic E-state index is 0.164. The zero-order valence-electron chi connectivity index (χ0n) is 16.4. The van der Waals surface area contributed by atoms with E-state index in [1.807, 2.05) is 19.1 Å². The number of H-pyrrole nitrogens is 1. The summed E-state index contributed by atoms with van der Waals surface area (Å²) in [6, 6.07) is 14.6. The number of fused-ring (bicyclic) bond motifs is 3. The van der Waals surface area contributed by atoms with Crippen molar-refractivity contribution in [3.63, 3.8) is 0 Å². The fourth-order valence-electron chi connectivity index (χ4n) is 4.36. The van der Waals surface area contributed by atoms with E-state index >= 15 is 0 Å². The summed E-state index contributed by atoms with van der Waals surface area (Å²) in [5.74, 6) is 0. The van der Waals surface area contributed by atoms with Crippen molar-refractivity contribution in [2.24, 2.45) is 0 Å². The van der Waals surface area contributed by atoms with Gasteiger partial charge in [0.25, 0.3) is 0 Å². The first-order valence-corrected chi connectivity index (χ1v) is 10.4. The Hall–Kier alpha value is -2.63. The van der Waals surface area contributed by atoms with Gasteiger partial charge >= 0.3 is 5.69 Å². The number of aryl methyl sites for hydroxylation is 1. The number of rotatable bonds is 4. The highest BCUT2D eigenvalue weighted by atomic mass is 35.5. The average Bonchev–Trinajstić information content (AvgIpc) is 3.32. The molecule has 0 spiro atoms. The highest BCUT2D eigenvalue weighted by Crippen LogP contribution is 2.28. The summed E-state index contributed by atoms with van der Waals surface area (Å²) in [5, 5.41) is 1.27. The van der Waals surface area contributed by atoms with Gasteiger partial charge in [0.2, 0.25) is 0 Å². The number of pyridine rings is 1. The van der Waals surface area contributed by atoms with Crippen LogP contribution in [0.1, 0.15) is 29.5 Å². The van der Waals surface area contributed by atoms with E-state index in [9.17, 15) is 4.79 Å². The first-order chi connectivity index (χ1) is 14.1. The van der Waals surface area contributed by atoms with Gasteiger partial charge in [-0.05, 0) is 56.1 Å². The maximum atomic E-state index is 12.8. The second-order valence-electron chi connectivity index (χ2n) is 7.97. The lowest BCUT2D eigenvalue weighted by atomic mass is 10.1. The molecule has 1 N–H and O–H groups in total. The molecule has 0 bridgehead atoms. The van der Waals surface area contributed by atoms with Crippen molar-refractivity contribution in [1.82, 2.24) is 19.4 Å². The molecule has 0 radical (unpaired) electrons. The summed E-state index contributed by atoms with van der Waals surface area (Å²) in [4.78, 5) is 22.6. The number of likely N-dealkylation sites (tertiary alicyclic amines) is 1. The molecule has 0 saturated carbocycles. The second kappa shape index (κ2) is 7.32. The average molecular weight is 407 g/mol. The molecule has 148 valence electrons. The molecule has 4 aromatic rings. The number of aromatic amines is 1. The monoisotopic (exact) mass is 406 g/mol. The second-order valence-corrected chi connectivity index (χ2v) is 8.32. The molecule has 1 aliphatic rings. The van der Waals surface area contributed by atoms with Crippen LogP contribution in [0.2, 0.25) is 5.15 Å². The topological polar surface area (TPSA) is 53.9 Å². The maximum absolute atomic E-state index is 12.8. The highest BCUT2D eigenvalue weighted by molar-refractivity contribution is 6.35. The Morgan fingerprint density at radius 2 is 1.83 bits per heavy atom. The number of aromatic nitrogens is 3. The van der Waals surface area contributed by atoms with Gasteiger partial charge in [0.15, 0.2) is 5.15 Å². The quantitative estimate of drug-likeness (QED) is 0.508. The van der Waals surface area contributed by atoms with Crippen molar-refractivity contribution in [2.45, 2.75) is 32.9 Å². The van der Waals surface area contributed by atoms with E-state index in [4.69, 9.17) is 11.6 Å². The third kappa shape index (κ3) is 3.45. The van der Waals surface area contributed by atoms with E-state index in [1.54, 1.807) is 4.57 Å². The molecule has 1 fully saturated rings. The molecular formula is C23H23ClN4O. The van der Waals surface area contributed by atoms with Gasteiger partial charge < -0.3 is 4.98 Å². The molecule has 6 heteroatoms. The highest BCUT2D eigenvalue weighted by Gasteiger charge is 2.16. The Bertz CT molecular complexity index is 1270. The first kappa shape index (κ1) is 18.4. The summed E-state index contributed by atoms with van der Waals surface area (Å²) >= 11 is 6.38. The predicted octanol–water partition coefficient (Wildman–Crippen LogP) is 4.48. The molecule has 29 heavy (non-hydrogen) atoms. The van der Waals surface area contributed by atoms with Gasteiger partial charge in [-0.3, -0.25) is 9.47 Å². The van der Waals surface area contributed by atoms with Crippen LogP contribution in [0.25, 0.3) is 21.9 Å². The number of benzene rings is 2. The lowest BCUT2D eigenvalue weighted by Crippen LogP contribution is -2.19. The van der Waals surface area contributed by atoms with E-state index in [1.165, 1.54) is 31.5 Å². The summed E-state index contributed by atoms with van der Waals surface area (Å²) in [7, 11) is 0. The fourth-order valence-corrected chi connectivity index (χ4v) is 4.58. The lowest BCUT2D eigenvalue weighted by Gasteiger charge is -2.15. The van der Waals surface area contributed by atoms with Gasteiger partial charge in [0, 0.05) is 11.9 Å². The van der Waals surface area contributed by atoms with Crippen LogP contribution in [0.5, 0.6) is 0 Å². The van der Waals surface area contributed by atoms with Gasteiger partial charge in [-0.1, -0.05) is 47.5 Å². The molecule has 0 unspecified atom stereocenters. The number of halogens is 1. The summed E-state index contributed by atoms with van der Waals surface area (Å²) in [6.07, 6.45) is 2.57. The molecule has 0 amide bonds. The minimum Gasteiger partial charge on any atom is -0.303 e. The Morgan fingerprint density at radius 3 is 2.62 bits per heavy atom. The van der Waals surface area contributed by atoms with Crippen molar-refractivity contribution < 1.29 is 0 Å². The first-order valence-electron chi connectivity index (χ1n) is 10.1. The van der Waals surface area contributed by atoms with Crippen LogP contribution in [0, 0.1) is 6.92 Å². The third-order valence-corrected chi connectivity index (χ3v) is 6.03. The smallest absolute Gasteiger partial charge is 0.303 e. The fraction of sp³-hybridized carbons (Fsp3) is 0.304. The number of hydrogen-bond donors (Lipinski definition) is 1. The van der Waals surface area contributed by atoms with E-state index in [2.05, 4.69) is 45.2 Å². The standard InChI is InChI=1S/C23H23ClN4O/c1-15-7-8-19-18(11-15)21-20(22(24)25-19)26-23(29)28(21)14-17-6-4-5-16(12-17)13-27-9-2-3-10-27/h4-8,11-12H,2-3,9-10,13-14H2,1H3,(H,26,29). The predicted molar refractivity (Wildman–Crippen MR) is 118 cm³/mol. The largest absolute Gasteiger partial charge is 0.326 e. The van der Waals surface area contributed by atoms with Crippen molar-refractivity contribution in [1.29, 1.82) is 0 Å². The van der Waals surface area contributed by atoms with Crippen molar-refractivity contribution >= 4 is 33.5 Å². The van der Waals surface area contributed by atoms with Crippen molar-refractivity contribution in [3.05, 3.63) is 74.8 Å². The molecule has 1 aliphatic heterocycles. The molecular weight excluding hydrogens is 384 g/mol. The van der Waals surface area contributed by atoms with Crippen molar-refractivity contribution in [3.8, 4) is 0 Å². The minimum atomic E-state index is -0.164. The lowest BCUT2D eigenvalue weighted by molar-refractivity contribution is 0.331. The molecule has 5 rings (SSSR count). The summed E-state index contributed by atoms with van der Waals surface area (Å²) < 4.78 is 1.78. The van der Waals surface area contributed by atoms with Crippen LogP contribution in [0.4, 0.5) is 0 Å². The number of imidazole rings is 1. The number of nitrogens with zero attached hydrogens (tertiary/aromatic N) is 3. The number of nitrogens with one attached hydrogen (secondary N) is 1. The molecule has 1 saturated heterocycles. The van der Waals surface area contributed by atoms with E-state index < -0.39 is 0 Å². The maximum Gasteiger partial charge on any atom is 0.326 e. The Balaban J connectivity index is 1.59. The van der Waals surface area contributed by atoms with Gasteiger partial charge in [0.1, 0.15) is 5.52 Å². The van der Waals surface area contributed by atoms with Crippen LogP contribution in [-0.4, -0.2) is 32.5 Å². The molecule has 0 atom stereocenters. The summed E-state index contributed by atoms with van der Waals surface area (Å²) in [5.41, 5.74) is 5.57. The third-order valence-electron chi connectivity index (χ3n) is 5.75. The molecule has 3 heterocycles. The van der Waals surface area contributed by atoms with E-state index in [-0.39, 0.29) is 5.69 Å². The van der Waals surface area contributed by atoms with Gasteiger partial charge in [0.05, 0.1) is 17.6 Å². The Morgan fingerprint density at radius 1 is 1.07 bits per heavy atom. The van der Waals surface area contributed by atoms with Crippen LogP contribution >= 0.6 is 11.6 Å². The zero-order valence-corrected chi connectivity index (χ0v) is 17.2. The Labute approximate surface area is 173 Å². The van der Waals surface area contributed by atoms with Gasteiger partial charge in [-0.15, -0.1) is 0 Å². The van der Waals surface area contributed by atoms with Crippen LogP contribution in [0.15, 0.2) is 47.3 Å². The van der Waals surface area contributed by atoms with Gasteiger partial charge in [-0.2, -0.15) is 0 Å². The Kier molecular flexibility index (Phi) is 4.64. The van der Waals surface area contributed by atoms with Gasteiger partial charge in [-0.25, -0.2) is 9.78 Å². The normalized spacial score (nSPS) is 15.0. The van der Waals surface area contributed by atoms with Crippen LogP contribution in [0.3, 0.4) is 0 Å². The van der Waals surface area contributed by atoms with Crippen LogP contribution in [-0.2, 0) is 13.1 Å². The zero-order chi connectivity index (χ0) is 20.0.